The highest BCUT2D eigenvalue weighted by Gasteiger charge is 2.39. The summed E-state index contributed by atoms with van der Waals surface area (Å²) in [7, 11) is 1.85. The van der Waals surface area contributed by atoms with Crippen LogP contribution >= 0.6 is 0 Å². The maximum atomic E-state index is 11.9. The number of piperazine rings is 1. The first kappa shape index (κ1) is 11.4. The number of aromatic nitrogens is 4. The third kappa shape index (κ3) is 1.60. The van der Waals surface area contributed by atoms with Crippen molar-refractivity contribution < 1.29 is 4.79 Å². The van der Waals surface area contributed by atoms with Gasteiger partial charge in [-0.05, 0) is 12.1 Å². The molecule has 20 heavy (non-hydrogen) atoms. The van der Waals surface area contributed by atoms with Crippen LogP contribution in [0, 0.1) is 0 Å². The number of anilines is 1. The number of rotatable bonds is 1. The molecule has 0 N–H and O–H groups in total. The number of carbonyl (C=O) groups excluding carboxylic acids is 1. The zero-order valence-electron chi connectivity index (χ0n) is 11.2. The van der Waals surface area contributed by atoms with E-state index in [4.69, 9.17) is 0 Å². The lowest BCUT2D eigenvalue weighted by Crippen LogP contribution is -2.52. The van der Waals surface area contributed by atoms with Crippen molar-refractivity contribution in [3.05, 3.63) is 18.5 Å². The van der Waals surface area contributed by atoms with Crippen molar-refractivity contribution >= 4 is 17.5 Å². The van der Waals surface area contributed by atoms with Gasteiger partial charge in [0.05, 0.1) is 6.04 Å². The highest BCUT2D eigenvalue weighted by Crippen LogP contribution is 2.22. The lowest BCUT2D eigenvalue weighted by molar-refractivity contribution is 0.187. The van der Waals surface area contributed by atoms with Gasteiger partial charge in [-0.3, -0.25) is 0 Å². The molecule has 2 aromatic heterocycles. The molecule has 8 heteroatoms. The van der Waals surface area contributed by atoms with E-state index >= 15 is 0 Å². The van der Waals surface area contributed by atoms with E-state index in [1.54, 1.807) is 15.7 Å². The summed E-state index contributed by atoms with van der Waals surface area (Å²) in [5.74, 6) is 0.902. The monoisotopic (exact) mass is 273 g/mol. The van der Waals surface area contributed by atoms with Crippen molar-refractivity contribution in [1.29, 1.82) is 0 Å². The summed E-state index contributed by atoms with van der Waals surface area (Å²) in [6, 6.07) is 4.25. The Bertz CT molecular complexity index is 669. The van der Waals surface area contributed by atoms with Crippen LogP contribution in [0.25, 0.3) is 5.65 Å². The van der Waals surface area contributed by atoms with Gasteiger partial charge in [-0.1, -0.05) is 0 Å². The molecule has 0 aliphatic carbocycles. The molecule has 4 heterocycles. The van der Waals surface area contributed by atoms with Crippen LogP contribution in [0.4, 0.5) is 10.6 Å². The molecule has 4 rings (SSSR count). The highest BCUT2D eigenvalue weighted by molar-refractivity contribution is 5.77. The summed E-state index contributed by atoms with van der Waals surface area (Å²) in [5.41, 5.74) is 0.739. The molecule has 0 spiro atoms. The topological polar surface area (TPSA) is 69.9 Å². The van der Waals surface area contributed by atoms with Crippen molar-refractivity contribution in [1.82, 2.24) is 29.6 Å². The molecule has 2 saturated heterocycles. The summed E-state index contributed by atoms with van der Waals surface area (Å²) >= 11 is 0. The normalized spacial score (nSPS) is 22.8. The van der Waals surface area contributed by atoms with Gasteiger partial charge in [0, 0.05) is 33.2 Å². The maximum absolute atomic E-state index is 11.9. The standard InChI is InChI=1S/C12H15N7O/c1-16-6-9-7-17(4-5-18(9)12(16)20)11-3-2-10-14-13-8-19(10)15-11/h2-3,8-9H,4-7H2,1H3. The van der Waals surface area contributed by atoms with Crippen LogP contribution in [0.3, 0.4) is 0 Å². The van der Waals surface area contributed by atoms with Crippen LogP contribution in [0.2, 0.25) is 0 Å². The summed E-state index contributed by atoms with van der Waals surface area (Å²) in [4.78, 5) is 17.9. The number of hydrogen-bond acceptors (Lipinski definition) is 5. The summed E-state index contributed by atoms with van der Waals surface area (Å²) in [6.45, 7) is 3.15. The summed E-state index contributed by atoms with van der Waals surface area (Å²) in [5, 5.41) is 12.3. The SMILES string of the molecule is CN1CC2CN(c3ccc4nncn4n3)CCN2C1=O. The molecule has 2 aromatic rings. The van der Waals surface area contributed by atoms with E-state index in [9.17, 15) is 4.79 Å². The van der Waals surface area contributed by atoms with Gasteiger partial charge in [-0.2, -0.15) is 4.52 Å². The van der Waals surface area contributed by atoms with E-state index in [0.717, 1.165) is 37.6 Å². The van der Waals surface area contributed by atoms with Crippen molar-refractivity contribution in [3.63, 3.8) is 0 Å². The lowest BCUT2D eigenvalue weighted by Gasteiger charge is -2.36. The van der Waals surface area contributed by atoms with Gasteiger partial charge in [-0.15, -0.1) is 15.3 Å². The molecular formula is C12H15N7O. The number of carbonyl (C=O) groups is 1. The molecule has 0 aromatic carbocycles. The second-order valence-corrected chi connectivity index (χ2v) is 5.28. The molecule has 1 atom stereocenters. The zero-order chi connectivity index (χ0) is 13.7. The Morgan fingerprint density at radius 1 is 1.25 bits per heavy atom. The molecule has 2 aliphatic heterocycles. The molecule has 2 fully saturated rings. The average Bonchev–Trinajstić information content (AvgIpc) is 3.03. The molecule has 2 aliphatic rings. The quantitative estimate of drug-likeness (QED) is 0.712. The number of hydrogen-bond donors (Lipinski definition) is 0. The fraction of sp³-hybridized carbons (Fsp3) is 0.500. The molecule has 0 saturated carbocycles. The second kappa shape index (κ2) is 4.06. The molecular weight excluding hydrogens is 258 g/mol. The number of amides is 2. The van der Waals surface area contributed by atoms with Crippen LogP contribution in [-0.2, 0) is 0 Å². The fourth-order valence-electron chi connectivity index (χ4n) is 2.97. The van der Waals surface area contributed by atoms with E-state index < -0.39 is 0 Å². The maximum Gasteiger partial charge on any atom is 0.320 e. The Balaban J connectivity index is 1.59. The average molecular weight is 273 g/mol. The van der Waals surface area contributed by atoms with E-state index in [2.05, 4.69) is 20.2 Å². The first-order valence-electron chi connectivity index (χ1n) is 6.66. The van der Waals surface area contributed by atoms with E-state index in [1.165, 1.54) is 0 Å². The van der Waals surface area contributed by atoms with Crippen molar-refractivity contribution in [3.8, 4) is 0 Å². The summed E-state index contributed by atoms with van der Waals surface area (Å²) in [6.07, 6.45) is 1.60. The Morgan fingerprint density at radius 3 is 3.05 bits per heavy atom. The van der Waals surface area contributed by atoms with Gasteiger partial charge >= 0.3 is 6.03 Å². The Morgan fingerprint density at radius 2 is 2.15 bits per heavy atom. The van der Waals surface area contributed by atoms with Crippen LogP contribution in [0.5, 0.6) is 0 Å². The van der Waals surface area contributed by atoms with Gasteiger partial charge in [0.25, 0.3) is 0 Å². The van der Waals surface area contributed by atoms with Gasteiger partial charge in [0.1, 0.15) is 12.1 Å². The molecule has 104 valence electrons. The Kier molecular flexibility index (Phi) is 2.32. The Hall–Kier alpha value is -2.38. The molecule has 0 bridgehead atoms. The highest BCUT2D eigenvalue weighted by atomic mass is 16.2. The predicted octanol–water partition coefficient (Wildman–Crippen LogP) is -0.320. The van der Waals surface area contributed by atoms with Gasteiger partial charge in [-0.25, -0.2) is 4.79 Å². The van der Waals surface area contributed by atoms with Gasteiger partial charge < -0.3 is 14.7 Å². The molecule has 2 amide bonds. The van der Waals surface area contributed by atoms with E-state index in [1.807, 2.05) is 24.1 Å². The number of urea groups is 1. The van der Waals surface area contributed by atoms with Crippen LogP contribution in [-0.4, -0.2) is 74.9 Å². The predicted molar refractivity (Wildman–Crippen MR) is 71.5 cm³/mol. The lowest BCUT2D eigenvalue weighted by atomic mass is 10.2. The Labute approximate surface area is 115 Å². The largest absolute Gasteiger partial charge is 0.351 e. The second-order valence-electron chi connectivity index (χ2n) is 5.28. The fourth-order valence-corrected chi connectivity index (χ4v) is 2.97. The third-order valence-corrected chi connectivity index (χ3v) is 4.01. The van der Waals surface area contributed by atoms with Crippen molar-refractivity contribution in [2.75, 3.05) is 38.1 Å². The van der Waals surface area contributed by atoms with Crippen molar-refractivity contribution in [2.45, 2.75) is 6.04 Å². The smallest absolute Gasteiger partial charge is 0.320 e. The summed E-state index contributed by atoms with van der Waals surface area (Å²) < 4.78 is 1.67. The minimum Gasteiger partial charge on any atom is -0.351 e. The van der Waals surface area contributed by atoms with Gasteiger partial charge in [0.2, 0.25) is 0 Å². The zero-order valence-corrected chi connectivity index (χ0v) is 11.2. The third-order valence-electron chi connectivity index (χ3n) is 4.01. The first-order valence-corrected chi connectivity index (χ1v) is 6.66. The van der Waals surface area contributed by atoms with E-state index in [0.29, 0.717) is 0 Å². The van der Waals surface area contributed by atoms with Crippen LogP contribution in [0.1, 0.15) is 0 Å². The number of fused-ring (bicyclic) bond motifs is 2. The minimum absolute atomic E-state index is 0.136. The molecule has 8 nitrogen and oxygen atoms in total. The number of likely N-dealkylation sites (N-methyl/N-ethyl adjacent to an activating group) is 1. The van der Waals surface area contributed by atoms with Crippen LogP contribution in [0.15, 0.2) is 18.5 Å². The van der Waals surface area contributed by atoms with E-state index in [-0.39, 0.29) is 12.1 Å². The van der Waals surface area contributed by atoms with Crippen molar-refractivity contribution in [2.24, 2.45) is 0 Å². The molecule has 0 radical (unpaired) electrons. The molecule has 1 unspecified atom stereocenters. The number of nitrogens with zero attached hydrogens (tertiary/aromatic N) is 7. The van der Waals surface area contributed by atoms with Gasteiger partial charge in [0.15, 0.2) is 5.65 Å². The first-order chi connectivity index (χ1) is 9.72. The minimum atomic E-state index is 0.136. The van der Waals surface area contributed by atoms with Crippen LogP contribution < -0.4 is 4.90 Å².